The molecule has 0 amide bonds. The molecule has 0 saturated carbocycles. The van der Waals surface area contributed by atoms with Gasteiger partial charge in [-0.05, 0) is 66.3 Å². The van der Waals surface area contributed by atoms with Crippen LogP contribution in [0.5, 0.6) is 0 Å². The van der Waals surface area contributed by atoms with Crippen molar-refractivity contribution in [1.29, 1.82) is 0 Å². The first-order valence-electron chi connectivity index (χ1n) is 7.17. The minimum Gasteiger partial charge on any atom is -0.480 e. The van der Waals surface area contributed by atoms with Crippen LogP contribution in [0.25, 0.3) is 0 Å². The van der Waals surface area contributed by atoms with E-state index in [4.69, 9.17) is 0 Å². The normalized spacial score (nSPS) is 21.5. The van der Waals surface area contributed by atoms with Crippen LogP contribution in [-0.2, 0) is 4.79 Å². The molecule has 19 heavy (non-hydrogen) atoms. The average Bonchev–Trinajstić information content (AvgIpc) is 2.38. The molecule has 112 valence electrons. The highest BCUT2D eigenvalue weighted by atomic mass is 16.4. The van der Waals surface area contributed by atoms with Gasteiger partial charge >= 0.3 is 5.97 Å². The predicted octanol–water partition coefficient (Wildman–Crippen LogP) is 0.713. The number of nitrogens with one attached hydrogen (secondary N) is 1. The highest BCUT2D eigenvalue weighted by Crippen LogP contribution is 2.17. The molecule has 5 heteroatoms. The highest BCUT2D eigenvalue weighted by molar-refractivity contribution is 5.78. The van der Waals surface area contributed by atoms with Crippen LogP contribution >= 0.6 is 0 Å². The monoisotopic (exact) mass is 271 g/mol. The van der Waals surface area contributed by atoms with E-state index in [1.807, 2.05) is 0 Å². The molecule has 0 aromatic heterocycles. The quantitative estimate of drug-likeness (QED) is 0.714. The molecule has 1 heterocycles. The smallest absolute Gasteiger partial charge is 0.323 e. The molecule has 2 N–H and O–H groups in total. The molecule has 0 aromatic carbocycles. The maximum Gasteiger partial charge on any atom is 0.323 e. The molecular formula is C14H29N3O2. The van der Waals surface area contributed by atoms with Crippen molar-refractivity contribution in [2.45, 2.75) is 31.7 Å². The van der Waals surface area contributed by atoms with Crippen molar-refractivity contribution in [3.63, 3.8) is 0 Å². The molecule has 1 saturated heterocycles. The number of aliphatic carboxylic acids is 1. The van der Waals surface area contributed by atoms with Crippen molar-refractivity contribution in [2.24, 2.45) is 5.92 Å². The number of hydrogen-bond acceptors (Lipinski definition) is 4. The van der Waals surface area contributed by atoms with Gasteiger partial charge in [0.05, 0.1) is 0 Å². The number of carboxylic acid groups (broad SMARTS) is 1. The van der Waals surface area contributed by atoms with Crippen LogP contribution in [0.15, 0.2) is 0 Å². The Balaban J connectivity index is 2.31. The fourth-order valence-electron chi connectivity index (χ4n) is 2.53. The molecule has 0 bridgehead atoms. The summed E-state index contributed by atoms with van der Waals surface area (Å²) in [4.78, 5) is 15.9. The SMILES string of the molecule is CNC(C)(CCN(C)CC1CCN(C)CC1)C(=O)O. The molecule has 1 fully saturated rings. The van der Waals surface area contributed by atoms with Gasteiger partial charge in [0.1, 0.15) is 5.54 Å². The number of likely N-dealkylation sites (tertiary alicyclic amines) is 1. The number of likely N-dealkylation sites (N-methyl/N-ethyl adjacent to an activating group) is 1. The van der Waals surface area contributed by atoms with E-state index < -0.39 is 11.5 Å². The number of carboxylic acids is 1. The molecule has 1 unspecified atom stereocenters. The Kier molecular flexibility index (Phi) is 6.23. The number of hydrogen-bond donors (Lipinski definition) is 2. The third-order valence-corrected chi connectivity index (χ3v) is 4.43. The Morgan fingerprint density at radius 1 is 1.47 bits per heavy atom. The van der Waals surface area contributed by atoms with Crippen LogP contribution in [-0.4, -0.2) is 73.7 Å². The van der Waals surface area contributed by atoms with Crippen LogP contribution in [0.3, 0.4) is 0 Å². The first-order valence-corrected chi connectivity index (χ1v) is 7.17. The zero-order valence-corrected chi connectivity index (χ0v) is 12.8. The summed E-state index contributed by atoms with van der Waals surface area (Å²) in [5, 5.41) is 12.1. The summed E-state index contributed by atoms with van der Waals surface area (Å²) in [5.74, 6) is -0.0189. The minimum absolute atomic E-state index is 0.627. The number of carbonyl (C=O) groups is 1. The van der Waals surface area contributed by atoms with E-state index in [0.29, 0.717) is 6.42 Å². The zero-order chi connectivity index (χ0) is 14.5. The van der Waals surface area contributed by atoms with E-state index in [1.165, 1.54) is 25.9 Å². The van der Waals surface area contributed by atoms with E-state index in [2.05, 4.69) is 29.2 Å². The van der Waals surface area contributed by atoms with Crippen LogP contribution in [0.4, 0.5) is 0 Å². The van der Waals surface area contributed by atoms with Gasteiger partial charge in [-0.2, -0.15) is 0 Å². The van der Waals surface area contributed by atoms with E-state index in [9.17, 15) is 9.90 Å². The van der Waals surface area contributed by atoms with Crippen LogP contribution in [0.1, 0.15) is 26.2 Å². The molecule has 1 rings (SSSR count). The van der Waals surface area contributed by atoms with Gasteiger partial charge in [-0.25, -0.2) is 0 Å². The maximum absolute atomic E-state index is 11.2. The van der Waals surface area contributed by atoms with Crippen molar-refractivity contribution in [1.82, 2.24) is 15.1 Å². The molecular weight excluding hydrogens is 242 g/mol. The van der Waals surface area contributed by atoms with Crippen molar-refractivity contribution >= 4 is 5.97 Å². The Morgan fingerprint density at radius 3 is 2.53 bits per heavy atom. The Hall–Kier alpha value is -0.650. The standard InChI is InChI=1S/C14H29N3O2/c1-14(15-2,13(18)19)7-10-17(4)11-12-5-8-16(3)9-6-12/h12,15H,5-11H2,1-4H3,(H,18,19). The topological polar surface area (TPSA) is 55.8 Å². The number of piperidine rings is 1. The van der Waals surface area contributed by atoms with Gasteiger partial charge in [-0.15, -0.1) is 0 Å². The van der Waals surface area contributed by atoms with Crippen molar-refractivity contribution in [3.8, 4) is 0 Å². The van der Waals surface area contributed by atoms with Gasteiger partial charge in [0, 0.05) is 13.1 Å². The molecule has 0 aliphatic carbocycles. The molecule has 0 spiro atoms. The number of rotatable bonds is 7. The minimum atomic E-state index is -0.818. The highest BCUT2D eigenvalue weighted by Gasteiger charge is 2.31. The predicted molar refractivity (Wildman–Crippen MR) is 77.4 cm³/mol. The Morgan fingerprint density at radius 2 is 2.05 bits per heavy atom. The second-order valence-corrected chi connectivity index (χ2v) is 6.15. The van der Waals surface area contributed by atoms with Gasteiger partial charge in [-0.1, -0.05) is 0 Å². The first-order chi connectivity index (χ1) is 8.87. The van der Waals surface area contributed by atoms with Crippen LogP contribution in [0.2, 0.25) is 0 Å². The van der Waals surface area contributed by atoms with Gasteiger partial charge in [0.25, 0.3) is 0 Å². The van der Waals surface area contributed by atoms with E-state index in [0.717, 1.165) is 19.0 Å². The maximum atomic E-state index is 11.2. The summed E-state index contributed by atoms with van der Waals surface area (Å²) in [6.45, 7) is 6.01. The lowest BCUT2D eigenvalue weighted by atomic mass is 9.95. The van der Waals surface area contributed by atoms with E-state index >= 15 is 0 Å². The fraction of sp³-hybridized carbons (Fsp3) is 0.929. The molecule has 0 radical (unpaired) electrons. The molecule has 1 atom stereocenters. The van der Waals surface area contributed by atoms with E-state index in [-0.39, 0.29) is 0 Å². The van der Waals surface area contributed by atoms with Gasteiger partial charge in [-0.3, -0.25) is 4.79 Å². The molecule has 5 nitrogen and oxygen atoms in total. The lowest BCUT2D eigenvalue weighted by Gasteiger charge is -2.33. The van der Waals surface area contributed by atoms with Crippen molar-refractivity contribution < 1.29 is 9.90 Å². The second-order valence-electron chi connectivity index (χ2n) is 6.15. The lowest BCUT2D eigenvalue weighted by molar-refractivity contribution is -0.144. The zero-order valence-electron chi connectivity index (χ0n) is 12.8. The van der Waals surface area contributed by atoms with Gasteiger partial charge in [0.15, 0.2) is 0 Å². The summed E-state index contributed by atoms with van der Waals surface area (Å²) in [6, 6.07) is 0. The summed E-state index contributed by atoms with van der Waals surface area (Å²) >= 11 is 0. The third kappa shape index (κ3) is 5.09. The lowest BCUT2D eigenvalue weighted by Crippen LogP contribution is -2.49. The average molecular weight is 271 g/mol. The summed E-state index contributed by atoms with van der Waals surface area (Å²) in [6.07, 6.45) is 3.13. The molecule has 0 aromatic rings. The first kappa shape index (κ1) is 16.4. The number of nitrogens with zero attached hydrogens (tertiary/aromatic N) is 2. The van der Waals surface area contributed by atoms with Gasteiger partial charge < -0.3 is 20.2 Å². The largest absolute Gasteiger partial charge is 0.480 e. The summed E-state index contributed by atoms with van der Waals surface area (Å²) in [7, 11) is 5.98. The Bertz CT molecular complexity index is 290. The van der Waals surface area contributed by atoms with E-state index in [1.54, 1.807) is 14.0 Å². The Labute approximate surface area is 117 Å². The second kappa shape index (κ2) is 7.22. The fourth-order valence-corrected chi connectivity index (χ4v) is 2.53. The van der Waals surface area contributed by atoms with Crippen molar-refractivity contribution in [3.05, 3.63) is 0 Å². The molecule has 1 aliphatic rings. The van der Waals surface area contributed by atoms with Gasteiger partial charge in [0.2, 0.25) is 0 Å². The van der Waals surface area contributed by atoms with Crippen LogP contribution in [0, 0.1) is 5.92 Å². The van der Waals surface area contributed by atoms with Crippen LogP contribution < -0.4 is 5.32 Å². The molecule has 1 aliphatic heterocycles. The van der Waals surface area contributed by atoms with Crippen molar-refractivity contribution in [2.75, 3.05) is 47.3 Å². The third-order valence-electron chi connectivity index (χ3n) is 4.43. The summed E-state index contributed by atoms with van der Waals surface area (Å²) in [5.41, 5.74) is -0.818. The summed E-state index contributed by atoms with van der Waals surface area (Å²) < 4.78 is 0.